The van der Waals surface area contributed by atoms with Crippen LogP contribution in [0.25, 0.3) is 5.57 Å². The van der Waals surface area contributed by atoms with Gasteiger partial charge < -0.3 is 10.1 Å². The van der Waals surface area contributed by atoms with Crippen molar-refractivity contribution in [3.8, 4) is 6.07 Å². The number of fused-ring (bicyclic) bond motifs is 1. The summed E-state index contributed by atoms with van der Waals surface area (Å²) in [5.41, 5.74) is 3.57. The highest BCUT2D eigenvalue weighted by atomic mass is 32.1. The summed E-state index contributed by atoms with van der Waals surface area (Å²) in [5, 5.41) is 17.1. The van der Waals surface area contributed by atoms with Gasteiger partial charge in [-0.05, 0) is 24.7 Å². The molecule has 1 aromatic heterocycles. The van der Waals surface area contributed by atoms with Gasteiger partial charge in [0, 0.05) is 35.9 Å². The summed E-state index contributed by atoms with van der Waals surface area (Å²) in [7, 11) is 0. The Morgan fingerprint density at radius 2 is 2.12 bits per heavy atom. The van der Waals surface area contributed by atoms with E-state index in [0.717, 1.165) is 29.6 Å². The summed E-state index contributed by atoms with van der Waals surface area (Å²) in [6, 6.07) is 2.30. The average molecular weight is 354 g/mol. The molecule has 3 rings (SSSR count). The fourth-order valence-electron chi connectivity index (χ4n) is 3.26. The molecule has 0 amide bonds. The molecule has 1 N–H and O–H groups in total. The molecule has 2 unspecified atom stereocenters. The van der Waals surface area contributed by atoms with Crippen molar-refractivity contribution in [1.82, 2.24) is 9.97 Å². The number of allylic oxidation sites excluding steroid dienone is 4. The second-order valence-electron chi connectivity index (χ2n) is 5.66. The Bertz CT molecular complexity index is 746. The first-order valence-corrected chi connectivity index (χ1v) is 9.08. The van der Waals surface area contributed by atoms with Gasteiger partial charge in [-0.3, -0.25) is 0 Å². The second kappa shape index (κ2) is 9.19. The molecular weight excluding hydrogens is 332 g/mol. The molecule has 1 aliphatic heterocycles. The predicted octanol–water partition coefficient (Wildman–Crippen LogP) is 3.98. The minimum atomic E-state index is 0.0195. The van der Waals surface area contributed by atoms with Crippen LogP contribution < -0.4 is 0 Å². The van der Waals surface area contributed by atoms with Crippen molar-refractivity contribution in [3.05, 3.63) is 53.3 Å². The minimum Gasteiger partial charge on any atom is -0.488 e. The summed E-state index contributed by atoms with van der Waals surface area (Å²) in [5.74, 6) is 0.877. The van der Waals surface area contributed by atoms with Gasteiger partial charge in [0.1, 0.15) is 18.2 Å². The third-order valence-corrected chi connectivity index (χ3v) is 4.30. The molecule has 25 heavy (non-hydrogen) atoms. The van der Waals surface area contributed by atoms with Gasteiger partial charge in [0.05, 0.1) is 17.9 Å². The molecule has 2 aliphatic rings. The Kier molecular flexibility index (Phi) is 6.96. The van der Waals surface area contributed by atoms with Crippen molar-refractivity contribution in [2.45, 2.75) is 32.3 Å². The van der Waals surface area contributed by atoms with E-state index in [4.69, 9.17) is 10.1 Å². The highest BCUT2D eigenvalue weighted by Gasteiger charge is 2.41. The van der Waals surface area contributed by atoms with E-state index in [-0.39, 0.29) is 12.0 Å². The molecular formula is C19H22N4OS. The van der Waals surface area contributed by atoms with Gasteiger partial charge in [-0.15, -0.1) is 0 Å². The number of nitrogens with one attached hydrogen (secondary N) is 1. The monoisotopic (exact) mass is 354 g/mol. The zero-order valence-corrected chi connectivity index (χ0v) is 15.3. The van der Waals surface area contributed by atoms with E-state index in [1.54, 1.807) is 18.6 Å². The van der Waals surface area contributed by atoms with Gasteiger partial charge in [-0.25, -0.2) is 9.97 Å². The van der Waals surface area contributed by atoms with E-state index < -0.39 is 0 Å². The quantitative estimate of drug-likeness (QED) is 0.487. The largest absolute Gasteiger partial charge is 0.488 e. The maximum atomic E-state index is 9.54. The second-order valence-corrected chi connectivity index (χ2v) is 5.66. The van der Waals surface area contributed by atoms with E-state index in [1.165, 1.54) is 12.5 Å². The van der Waals surface area contributed by atoms with Gasteiger partial charge in [0.2, 0.25) is 0 Å². The Morgan fingerprint density at radius 3 is 2.72 bits per heavy atom. The van der Waals surface area contributed by atoms with E-state index in [1.807, 2.05) is 0 Å². The summed E-state index contributed by atoms with van der Waals surface area (Å²) in [6.07, 6.45) is 14.4. The van der Waals surface area contributed by atoms with Crippen molar-refractivity contribution in [2.24, 2.45) is 5.92 Å². The Hall–Kier alpha value is -2.39. The first-order valence-electron chi connectivity index (χ1n) is 8.18. The highest BCUT2D eigenvalue weighted by Crippen LogP contribution is 2.46. The first-order chi connectivity index (χ1) is 12.3. The molecule has 0 aromatic carbocycles. The van der Waals surface area contributed by atoms with Gasteiger partial charge >= 0.3 is 0 Å². The maximum Gasteiger partial charge on any atom is 0.140 e. The number of thiol groups is 1. The number of ether oxygens (including phenoxy) is 1. The predicted molar refractivity (Wildman–Crippen MR) is 102 cm³/mol. The van der Waals surface area contributed by atoms with Crippen LogP contribution in [-0.2, 0) is 4.74 Å². The molecule has 1 aliphatic carbocycles. The maximum absolute atomic E-state index is 9.54. The number of hydrogen-bond donors (Lipinski definition) is 2. The molecule has 130 valence electrons. The molecule has 6 heteroatoms. The molecule has 0 saturated heterocycles. The van der Waals surface area contributed by atoms with Gasteiger partial charge in [-0.1, -0.05) is 19.1 Å². The van der Waals surface area contributed by atoms with Crippen LogP contribution in [0.1, 0.15) is 31.7 Å². The topological polar surface area (TPSA) is 82.6 Å². The zero-order chi connectivity index (χ0) is 18.2. The molecule has 1 saturated carbocycles. The molecule has 5 nitrogen and oxygen atoms in total. The van der Waals surface area contributed by atoms with Crippen LogP contribution in [0.15, 0.2) is 47.8 Å². The van der Waals surface area contributed by atoms with Crippen LogP contribution in [0, 0.1) is 22.7 Å². The lowest BCUT2D eigenvalue weighted by Crippen LogP contribution is -2.10. The van der Waals surface area contributed by atoms with Crippen LogP contribution >= 0.6 is 12.6 Å². The molecule has 0 bridgehead atoms. The molecule has 0 spiro atoms. The fraction of sp³-hybridized carbons (Fsp3) is 0.368. The van der Waals surface area contributed by atoms with Crippen molar-refractivity contribution in [2.75, 3.05) is 6.26 Å². The standard InChI is InChI=1S/C18H18N4O.CH4S/c1-2-3-4-14-15-5-12(6-17(15)23-18(14)8-20)16(7-19)13-9-21-11-22-10-13;1-2/h3-4,8-11,15,17,20H,2,5-6H2,1H3;2H,1H3/b4-3-,16-12-,20-8?;. The van der Waals surface area contributed by atoms with Crippen molar-refractivity contribution in [1.29, 1.82) is 10.7 Å². The van der Waals surface area contributed by atoms with E-state index in [9.17, 15) is 5.26 Å². The summed E-state index contributed by atoms with van der Waals surface area (Å²) in [4.78, 5) is 8.00. The molecule has 1 aromatic rings. The Balaban J connectivity index is 0.00000109. The van der Waals surface area contributed by atoms with Crippen molar-refractivity contribution in [3.63, 3.8) is 0 Å². The number of nitriles is 1. The summed E-state index contributed by atoms with van der Waals surface area (Å²) < 4.78 is 5.92. The molecule has 1 fully saturated rings. The third kappa shape index (κ3) is 3.99. The molecule has 2 atom stereocenters. The Morgan fingerprint density at radius 1 is 1.40 bits per heavy atom. The van der Waals surface area contributed by atoms with Gasteiger partial charge in [0.25, 0.3) is 0 Å². The van der Waals surface area contributed by atoms with Crippen LogP contribution in [0.5, 0.6) is 0 Å². The lowest BCUT2D eigenvalue weighted by molar-refractivity contribution is 0.144. The number of aromatic nitrogens is 2. The Labute approximate surface area is 154 Å². The summed E-state index contributed by atoms with van der Waals surface area (Å²) >= 11 is 3.53. The lowest BCUT2D eigenvalue weighted by atomic mass is 9.94. The third-order valence-electron chi connectivity index (χ3n) is 4.30. The van der Waals surface area contributed by atoms with Crippen molar-refractivity contribution >= 4 is 24.4 Å². The van der Waals surface area contributed by atoms with Crippen LogP contribution in [0.4, 0.5) is 0 Å². The fourth-order valence-corrected chi connectivity index (χ4v) is 3.26. The first kappa shape index (κ1) is 18.9. The van der Waals surface area contributed by atoms with E-state index in [0.29, 0.717) is 17.8 Å². The van der Waals surface area contributed by atoms with Gasteiger partial charge in [-0.2, -0.15) is 17.9 Å². The normalized spacial score (nSPS) is 23.4. The van der Waals surface area contributed by atoms with Crippen LogP contribution in [0.2, 0.25) is 0 Å². The van der Waals surface area contributed by atoms with Crippen molar-refractivity contribution < 1.29 is 4.74 Å². The van der Waals surface area contributed by atoms with E-state index in [2.05, 4.69) is 47.7 Å². The van der Waals surface area contributed by atoms with Crippen LogP contribution in [0.3, 0.4) is 0 Å². The average Bonchev–Trinajstić information content (AvgIpc) is 3.21. The van der Waals surface area contributed by atoms with Crippen LogP contribution in [-0.4, -0.2) is 28.5 Å². The van der Waals surface area contributed by atoms with Gasteiger partial charge in [0.15, 0.2) is 0 Å². The zero-order valence-electron chi connectivity index (χ0n) is 14.4. The SMILES string of the molecule is CC/C=C\C1=C(C=N)OC2C/C(=C(/C#N)c3cncnc3)CC12.CS. The smallest absolute Gasteiger partial charge is 0.140 e. The molecule has 0 radical (unpaired) electrons. The number of rotatable bonds is 4. The minimum absolute atomic E-state index is 0.0195. The number of hydrogen-bond acceptors (Lipinski definition) is 6. The molecule has 2 heterocycles. The number of nitrogens with zero attached hydrogens (tertiary/aromatic N) is 3. The van der Waals surface area contributed by atoms with E-state index >= 15 is 0 Å². The summed E-state index contributed by atoms with van der Waals surface area (Å²) in [6.45, 7) is 2.08. The lowest BCUT2D eigenvalue weighted by Gasteiger charge is -2.08. The highest BCUT2D eigenvalue weighted by molar-refractivity contribution is 7.79.